The molecule has 3 aromatic rings. The quantitative estimate of drug-likeness (QED) is 0.436. The zero-order chi connectivity index (χ0) is 24.2. The van der Waals surface area contributed by atoms with Crippen molar-refractivity contribution in [2.24, 2.45) is 7.05 Å². The van der Waals surface area contributed by atoms with E-state index in [9.17, 15) is 4.79 Å². The second-order valence-electron chi connectivity index (χ2n) is 8.53. The number of nitriles is 1. The maximum atomic E-state index is 12.2. The summed E-state index contributed by atoms with van der Waals surface area (Å²) in [6.45, 7) is 1.96. The molecule has 1 amide bonds. The fraction of sp³-hybridized carbons (Fsp3) is 0.458. The van der Waals surface area contributed by atoms with Gasteiger partial charge in [0.05, 0.1) is 29.2 Å². The van der Waals surface area contributed by atoms with Gasteiger partial charge in [-0.05, 0) is 43.9 Å². The molecule has 2 aromatic heterocycles. The first-order chi connectivity index (χ1) is 16.4. The highest BCUT2D eigenvalue weighted by atomic mass is 79.9. The molecule has 0 saturated heterocycles. The fourth-order valence-corrected chi connectivity index (χ4v) is 4.59. The van der Waals surface area contributed by atoms with Gasteiger partial charge in [-0.3, -0.25) is 4.79 Å². The zero-order valence-corrected chi connectivity index (χ0v) is 21.1. The number of hydrogen-bond donors (Lipinski definition) is 2. The van der Waals surface area contributed by atoms with Crippen molar-refractivity contribution < 1.29 is 9.53 Å². The Morgan fingerprint density at radius 3 is 2.94 bits per heavy atom. The van der Waals surface area contributed by atoms with Gasteiger partial charge in [-0.1, -0.05) is 29.3 Å². The van der Waals surface area contributed by atoms with Crippen LogP contribution < -0.4 is 15.4 Å². The second kappa shape index (κ2) is 10.4. The molecule has 0 bridgehead atoms. The Kier molecular flexibility index (Phi) is 7.32. The Bertz CT molecular complexity index is 1240. The third-order valence-corrected chi connectivity index (χ3v) is 7.33. The van der Waals surface area contributed by atoms with Gasteiger partial charge < -0.3 is 19.9 Å². The number of halogens is 1. The monoisotopic (exact) mass is 525 g/mol. The minimum absolute atomic E-state index is 0.0548. The predicted octanol–water partition coefficient (Wildman–Crippen LogP) is 4.49. The number of carbonyl (C=O) groups excluding carboxylic acids is 1. The maximum absolute atomic E-state index is 12.2. The Morgan fingerprint density at radius 2 is 2.21 bits per heavy atom. The third kappa shape index (κ3) is 4.99. The van der Waals surface area contributed by atoms with Gasteiger partial charge in [-0.2, -0.15) is 10.2 Å². The number of nitrogens with one attached hydrogen (secondary N) is 2. The van der Waals surface area contributed by atoms with E-state index in [0.717, 1.165) is 54.6 Å². The number of aromatic nitrogens is 4. The Morgan fingerprint density at radius 1 is 1.38 bits per heavy atom. The Hall–Kier alpha value is -3.19. The molecule has 0 spiro atoms. The summed E-state index contributed by atoms with van der Waals surface area (Å²) in [4.78, 5) is 25.6. The van der Waals surface area contributed by atoms with E-state index in [1.807, 2.05) is 38.2 Å². The minimum Gasteiger partial charge on any atom is -0.480 e. The highest BCUT2D eigenvalue weighted by molar-refractivity contribution is 9.10. The van der Waals surface area contributed by atoms with Crippen LogP contribution in [0.4, 0.5) is 11.6 Å². The maximum Gasteiger partial charge on any atom is 0.238 e. The summed E-state index contributed by atoms with van der Waals surface area (Å²) in [6, 6.07) is 8.08. The average Bonchev–Trinajstić information content (AvgIpc) is 3.19. The number of fused-ring (bicyclic) bond motifs is 1. The lowest BCUT2D eigenvalue weighted by Gasteiger charge is -2.29. The predicted molar refractivity (Wildman–Crippen MR) is 134 cm³/mol. The number of benzene rings is 1. The molecule has 1 fully saturated rings. The van der Waals surface area contributed by atoms with E-state index in [0.29, 0.717) is 11.5 Å². The molecule has 9 nitrogen and oxygen atoms in total. The number of hydrogen-bond acceptors (Lipinski definition) is 7. The largest absolute Gasteiger partial charge is 0.480 e. The fourth-order valence-electron chi connectivity index (χ4n) is 4.47. The van der Waals surface area contributed by atoms with Gasteiger partial charge >= 0.3 is 0 Å². The topological polar surface area (TPSA) is 118 Å². The number of alkyl halides is 1. The van der Waals surface area contributed by atoms with E-state index >= 15 is 0 Å². The van der Waals surface area contributed by atoms with Gasteiger partial charge in [0.15, 0.2) is 0 Å². The molecule has 1 aromatic carbocycles. The number of ether oxygens (including phenoxy) is 1. The molecule has 0 radical (unpaired) electrons. The minimum atomic E-state index is -0.214. The second-order valence-corrected chi connectivity index (χ2v) is 9.64. The van der Waals surface area contributed by atoms with Crippen LogP contribution in [0.5, 0.6) is 5.88 Å². The van der Waals surface area contributed by atoms with Crippen molar-refractivity contribution in [2.75, 3.05) is 17.7 Å². The van der Waals surface area contributed by atoms with Crippen LogP contribution in [0.1, 0.15) is 56.3 Å². The SMILES string of the molecule is CCC(Br)C(=O)Nc1ccc2c(c1)nc([C@H]1CCC[C@@H](Nc3ncc(C#N)c(OC)n3)C1)n2C. The molecule has 10 heteroatoms. The summed E-state index contributed by atoms with van der Waals surface area (Å²) in [7, 11) is 3.54. The number of nitrogens with zero attached hydrogens (tertiary/aromatic N) is 5. The van der Waals surface area contributed by atoms with Crippen LogP contribution >= 0.6 is 15.9 Å². The molecular formula is C24H28BrN7O2. The van der Waals surface area contributed by atoms with Gasteiger partial charge in [0.1, 0.15) is 17.5 Å². The van der Waals surface area contributed by atoms with Crippen molar-refractivity contribution in [3.8, 4) is 11.9 Å². The lowest BCUT2D eigenvalue weighted by atomic mass is 9.85. The number of imidazole rings is 1. The van der Waals surface area contributed by atoms with Crippen LogP contribution in [0.25, 0.3) is 11.0 Å². The van der Waals surface area contributed by atoms with Crippen LogP contribution in [-0.4, -0.2) is 43.4 Å². The number of rotatable bonds is 7. The summed E-state index contributed by atoms with van der Waals surface area (Å²) >= 11 is 3.39. The van der Waals surface area contributed by atoms with Crippen LogP contribution in [0, 0.1) is 11.3 Å². The summed E-state index contributed by atoms with van der Waals surface area (Å²) in [5, 5.41) is 15.5. The van der Waals surface area contributed by atoms with E-state index in [4.69, 9.17) is 15.0 Å². The van der Waals surface area contributed by atoms with Crippen molar-refractivity contribution in [3.05, 3.63) is 35.8 Å². The highest BCUT2D eigenvalue weighted by Crippen LogP contribution is 2.35. The molecule has 0 aliphatic heterocycles. The molecule has 2 heterocycles. The highest BCUT2D eigenvalue weighted by Gasteiger charge is 2.27. The summed E-state index contributed by atoms with van der Waals surface area (Å²) in [5.74, 6) is 2.00. The molecule has 3 atom stereocenters. The molecule has 4 rings (SSSR count). The molecular weight excluding hydrogens is 498 g/mol. The molecule has 1 aliphatic carbocycles. The third-order valence-electron chi connectivity index (χ3n) is 6.27. The van der Waals surface area contributed by atoms with E-state index in [2.05, 4.69) is 41.1 Å². The first-order valence-electron chi connectivity index (χ1n) is 11.4. The van der Waals surface area contributed by atoms with Gasteiger partial charge in [-0.25, -0.2) is 9.97 Å². The van der Waals surface area contributed by atoms with Gasteiger partial charge in [-0.15, -0.1) is 0 Å². The molecule has 1 aliphatic rings. The van der Waals surface area contributed by atoms with Gasteiger partial charge in [0.2, 0.25) is 17.7 Å². The number of anilines is 2. The number of methoxy groups -OCH3 is 1. The van der Waals surface area contributed by atoms with Crippen LogP contribution in [0.2, 0.25) is 0 Å². The average molecular weight is 526 g/mol. The number of aryl methyl sites for hydroxylation is 1. The lowest BCUT2D eigenvalue weighted by molar-refractivity contribution is -0.115. The van der Waals surface area contributed by atoms with Crippen LogP contribution in [0.3, 0.4) is 0 Å². The number of carbonyl (C=O) groups is 1. The molecule has 34 heavy (non-hydrogen) atoms. The Balaban J connectivity index is 1.50. The Labute approximate surface area is 207 Å². The van der Waals surface area contributed by atoms with Crippen molar-refractivity contribution in [2.45, 2.75) is 55.8 Å². The first kappa shape index (κ1) is 24.0. The first-order valence-corrected chi connectivity index (χ1v) is 12.3. The van der Waals surface area contributed by atoms with Crippen molar-refractivity contribution in [1.82, 2.24) is 19.5 Å². The van der Waals surface area contributed by atoms with Crippen LogP contribution in [0.15, 0.2) is 24.4 Å². The van der Waals surface area contributed by atoms with Crippen molar-refractivity contribution in [1.29, 1.82) is 5.26 Å². The van der Waals surface area contributed by atoms with E-state index in [1.165, 1.54) is 13.3 Å². The lowest BCUT2D eigenvalue weighted by Crippen LogP contribution is -2.28. The van der Waals surface area contributed by atoms with E-state index < -0.39 is 0 Å². The summed E-state index contributed by atoms with van der Waals surface area (Å²) < 4.78 is 7.35. The molecule has 2 N–H and O–H groups in total. The normalized spacial score (nSPS) is 18.8. The number of amides is 1. The van der Waals surface area contributed by atoms with Crippen LogP contribution in [-0.2, 0) is 11.8 Å². The molecule has 1 unspecified atom stereocenters. The van der Waals surface area contributed by atoms with Crippen molar-refractivity contribution >= 4 is 44.5 Å². The molecule has 178 valence electrons. The van der Waals surface area contributed by atoms with Crippen molar-refractivity contribution in [3.63, 3.8) is 0 Å². The van der Waals surface area contributed by atoms with Gasteiger partial charge in [0.25, 0.3) is 0 Å². The summed E-state index contributed by atoms with van der Waals surface area (Å²) in [6.07, 6.45) is 6.22. The van der Waals surface area contributed by atoms with E-state index in [1.54, 1.807) is 0 Å². The van der Waals surface area contributed by atoms with Gasteiger partial charge in [0, 0.05) is 24.7 Å². The van der Waals surface area contributed by atoms with E-state index in [-0.39, 0.29) is 28.6 Å². The standard InChI is InChI=1S/C24H28BrN7O2/c1-4-18(25)22(33)28-17-8-9-20-19(11-17)30-21(32(20)2)14-6-5-7-16(10-14)29-24-27-13-15(12-26)23(31-24)34-3/h8-9,11,13-14,16,18H,4-7,10H2,1-3H3,(H,28,33)(H,27,29,31)/t14-,16+,18?/m0/s1. The summed E-state index contributed by atoms with van der Waals surface area (Å²) in [5.41, 5.74) is 2.96. The zero-order valence-electron chi connectivity index (χ0n) is 19.5. The smallest absolute Gasteiger partial charge is 0.238 e. The molecule has 1 saturated carbocycles.